The van der Waals surface area contributed by atoms with Crippen LogP contribution in [0.2, 0.25) is 0 Å². The van der Waals surface area contributed by atoms with E-state index in [0.717, 1.165) is 0 Å². The molecule has 0 saturated carbocycles. The molecule has 0 atom stereocenters. The summed E-state index contributed by atoms with van der Waals surface area (Å²) in [4.78, 5) is 12.2. The second-order valence-corrected chi connectivity index (χ2v) is 4.97. The molecular formula is C17H14O5. The molecule has 0 aliphatic carbocycles. The van der Waals surface area contributed by atoms with Crippen LogP contribution in [0, 0.1) is 6.92 Å². The highest BCUT2D eigenvalue weighted by Crippen LogP contribution is 2.36. The van der Waals surface area contributed by atoms with E-state index in [2.05, 4.69) is 0 Å². The van der Waals surface area contributed by atoms with Gasteiger partial charge in [0.15, 0.2) is 16.9 Å². The van der Waals surface area contributed by atoms with Crippen LogP contribution in [0.15, 0.2) is 45.6 Å². The molecule has 5 nitrogen and oxygen atoms in total. The van der Waals surface area contributed by atoms with Crippen molar-refractivity contribution >= 4 is 11.0 Å². The molecule has 0 fully saturated rings. The number of hydrogen-bond acceptors (Lipinski definition) is 5. The minimum Gasteiger partial charge on any atom is -0.504 e. The van der Waals surface area contributed by atoms with Gasteiger partial charge in [-0.3, -0.25) is 4.79 Å². The fourth-order valence-corrected chi connectivity index (χ4v) is 2.31. The Morgan fingerprint density at radius 3 is 2.36 bits per heavy atom. The van der Waals surface area contributed by atoms with Crippen molar-refractivity contribution < 1.29 is 19.4 Å². The predicted octanol–water partition coefficient (Wildman–Crippen LogP) is 3.19. The Labute approximate surface area is 126 Å². The predicted molar refractivity (Wildman–Crippen MR) is 82.5 cm³/mol. The Morgan fingerprint density at radius 1 is 1.05 bits per heavy atom. The van der Waals surface area contributed by atoms with Gasteiger partial charge in [-0.15, -0.1) is 0 Å². The Balaban J connectivity index is 2.24. The van der Waals surface area contributed by atoms with Gasteiger partial charge in [0, 0.05) is 11.6 Å². The highest BCUT2D eigenvalue weighted by Gasteiger charge is 2.15. The van der Waals surface area contributed by atoms with Gasteiger partial charge in [0.25, 0.3) is 0 Å². The number of phenols is 2. The molecule has 5 heteroatoms. The number of benzene rings is 2. The van der Waals surface area contributed by atoms with Crippen molar-refractivity contribution in [2.75, 3.05) is 7.11 Å². The van der Waals surface area contributed by atoms with E-state index in [9.17, 15) is 15.0 Å². The fourth-order valence-electron chi connectivity index (χ4n) is 2.31. The van der Waals surface area contributed by atoms with Crippen molar-refractivity contribution in [1.82, 2.24) is 0 Å². The van der Waals surface area contributed by atoms with Gasteiger partial charge < -0.3 is 19.4 Å². The van der Waals surface area contributed by atoms with Gasteiger partial charge in [0.1, 0.15) is 22.5 Å². The van der Waals surface area contributed by atoms with Crippen molar-refractivity contribution in [3.8, 4) is 28.6 Å². The lowest BCUT2D eigenvalue weighted by Gasteiger charge is -2.08. The average Bonchev–Trinajstić information content (AvgIpc) is 2.52. The van der Waals surface area contributed by atoms with E-state index in [4.69, 9.17) is 9.15 Å². The molecule has 0 aliphatic heterocycles. The molecule has 22 heavy (non-hydrogen) atoms. The minimum absolute atomic E-state index is 0.0274. The molecule has 0 saturated heterocycles. The smallest absolute Gasteiger partial charge is 0.197 e. The van der Waals surface area contributed by atoms with Crippen LogP contribution >= 0.6 is 0 Å². The molecule has 0 aliphatic rings. The standard InChI is InChI=1S/C17H14O5/c1-9-7-14-15(17(20)16(9)19)12(18)8-13(22-14)10-3-5-11(21-2)6-4-10/h3-8,19-20H,1-2H3. The van der Waals surface area contributed by atoms with Crippen LogP contribution in [0.4, 0.5) is 0 Å². The summed E-state index contributed by atoms with van der Waals surface area (Å²) in [7, 11) is 1.57. The first-order valence-corrected chi connectivity index (χ1v) is 6.65. The summed E-state index contributed by atoms with van der Waals surface area (Å²) in [6.07, 6.45) is 0. The van der Waals surface area contributed by atoms with Gasteiger partial charge in [0.2, 0.25) is 0 Å². The zero-order valence-electron chi connectivity index (χ0n) is 12.1. The summed E-state index contributed by atoms with van der Waals surface area (Å²) >= 11 is 0. The molecule has 112 valence electrons. The van der Waals surface area contributed by atoms with Crippen molar-refractivity contribution in [1.29, 1.82) is 0 Å². The van der Waals surface area contributed by atoms with Crippen LogP contribution in [0.25, 0.3) is 22.3 Å². The Kier molecular flexibility index (Phi) is 3.25. The normalized spacial score (nSPS) is 10.8. The Morgan fingerprint density at radius 2 is 1.73 bits per heavy atom. The molecule has 3 aromatic rings. The Bertz CT molecular complexity index is 907. The second-order valence-electron chi connectivity index (χ2n) is 4.97. The van der Waals surface area contributed by atoms with E-state index in [0.29, 0.717) is 22.6 Å². The van der Waals surface area contributed by atoms with E-state index in [-0.39, 0.29) is 16.7 Å². The van der Waals surface area contributed by atoms with Crippen LogP contribution in [-0.4, -0.2) is 17.3 Å². The van der Waals surface area contributed by atoms with E-state index in [1.54, 1.807) is 38.3 Å². The second kappa shape index (κ2) is 5.11. The average molecular weight is 298 g/mol. The number of methoxy groups -OCH3 is 1. The van der Waals surface area contributed by atoms with Gasteiger partial charge in [-0.2, -0.15) is 0 Å². The van der Waals surface area contributed by atoms with Gasteiger partial charge in [0.05, 0.1) is 7.11 Å². The van der Waals surface area contributed by atoms with Crippen LogP contribution in [0.3, 0.4) is 0 Å². The topological polar surface area (TPSA) is 79.9 Å². The van der Waals surface area contributed by atoms with E-state index in [1.165, 1.54) is 12.1 Å². The molecular weight excluding hydrogens is 284 g/mol. The van der Waals surface area contributed by atoms with Crippen LogP contribution in [0.5, 0.6) is 17.2 Å². The monoisotopic (exact) mass is 298 g/mol. The molecule has 2 N–H and O–H groups in total. The number of hydrogen-bond donors (Lipinski definition) is 2. The maximum absolute atomic E-state index is 12.2. The molecule has 2 aromatic carbocycles. The van der Waals surface area contributed by atoms with Gasteiger partial charge in [-0.05, 0) is 42.8 Å². The summed E-state index contributed by atoms with van der Waals surface area (Å²) in [5.74, 6) is 0.317. The summed E-state index contributed by atoms with van der Waals surface area (Å²) in [6.45, 7) is 1.62. The van der Waals surface area contributed by atoms with Gasteiger partial charge in [-0.25, -0.2) is 0 Å². The molecule has 0 unspecified atom stereocenters. The van der Waals surface area contributed by atoms with Crippen molar-refractivity contribution in [2.24, 2.45) is 0 Å². The quantitative estimate of drug-likeness (QED) is 0.710. The minimum atomic E-state index is -0.454. The molecule has 0 bridgehead atoms. The van der Waals surface area contributed by atoms with Crippen molar-refractivity contribution in [3.05, 3.63) is 52.2 Å². The molecule has 1 heterocycles. The fraction of sp³-hybridized carbons (Fsp3) is 0.118. The zero-order chi connectivity index (χ0) is 15.9. The lowest BCUT2D eigenvalue weighted by molar-refractivity contribution is 0.404. The van der Waals surface area contributed by atoms with E-state index >= 15 is 0 Å². The maximum Gasteiger partial charge on any atom is 0.197 e. The third-order valence-corrected chi connectivity index (χ3v) is 3.53. The van der Waals surface area contributed by atoms with Crippen LogP contribution < -0.4 is 10.2 Å². The Hall–Kier alpha value is -2.95. The lowest BCUT2D eigenvalue weighted by Crippen LogP contribution is -2.01. The first-order chi connectivity index (χ1) is 10.5. The highest BCUT2D eigenvalue weighted by molar-refractivity contribution is 5.88. The third kappa shape index (κ3) is 2.16. The highest BCUT2D eigenvalue weighted by atomic mass is 16.5. The van der Waals surface area contributed by atoms with Crippen LogP contribution in [-0.2, 0) is 0 Å². The third-order valence-electron chi connectivity index (χ3n) is 3.53. The van der Waals surface area contributed by atoms with Crippen LogP contribution in [0.1, 0.15) is 5.56 Å². The number of aromatic hydroxyl groups is 2. The maximum atomic E-state index is 12.2. The molecule has 0 amide bonds. The van der Waals surface area contributed by atoms with Gasteiger partial charge in [-0.1, -0.05) is 0 Å². The molecule has 3 rings (SSSR count). The number of ether oxygens (including phenoxy) is 1. The summed E-state index contributed by atoms with van der Waals surface area (Å²) in [5, 5.41) is 19.6. The zero-order valence-corrected chi connectivity index (χ0v) is 12.1. The lowest BCUT2D eigenvalue weighted by atomic mass is 10.1. The molecule has 1 aromatic heterocycles. The summed E-state index contributed by atoms with van der Waals surface area (Å²) < 4.78 is 10.8. The van der Waals surface area contributed by atoms with Gasteiger partial charge >= 0.3 is 0 Å². The molecule has 0 radical (unpaired) electrons. The largest absolute Gasteiger partial charge is 0.504 e. The van der Waals surface area contributed by atoms with E-state index in [1.807, 2.05) is 0 Å². The number of rotatable bonds is 2. The van der Waals surface area contributed by atoms with Crippen molar-refractivity contribution in [2.45, 2.75) is 6.92 Å². The van der Waals surface area contributed by atoms with E-state index < -0.39 is 11.2 Å². The first kappa shape index (κ1) is 14.0. The molecule has 0 spiro atoms. The number of fused-ring (bicyclic) bond motifs is 1. The van der Waals surface area contributed by atoms with Crippen molar-refractivity contribution in [3.63, 3.8) is 0 Å². The summed E-state index contributed by atoms with van der Waals surface area (Å²) in [6, 6.07) is 9.89. The number of phenolic OH excluding ortho intramolecular Hbond substituents is 2. The summed E-state index contributed by atoms with van der Waals surface area (Å²) in [5.41, 5.74) is 0.955. The first-order valence-electron chi connectivity index (χ1n) is 6.65. The SMILES string of the molecule is COc1ccc(-c2cc(=O)c3c(O)c(O)c(C)cc3o2)cc1. The number of aryl methyl sites for hydroxylation is 1.